The van der Waals surface area contributed by atoms with Crippen molar-refractivity contribution in [2.45, 2.75) is 19.3 Å². The third-order valence-corrected chi connectivity index (χ3v) is 3.32. The van der Waals surface area contributed by atoms with Crippen LogP contribution in [0.25, 0.3) is 16.5 Å². The number of hydrogen-bond donors (Lipinski definition) is 0. The van der Waals surface area contributed by atoms with Gasteiger partial charge in [-0.3, -0.25) is 9.78 Å². The topological polar surface area (TPSA) is 30.0 Å². The molecule has 1 aromatic carbocycles. The van der Waals surface area contributed by atoms with Gasteiger partial charge in [0.2, 0.25) is 0 Å². The third-order valence-electron chi connectivity index (χ3n) is 3.32. The number of para-hydroxylation sites is 1. The lowest BCUT2D eigenvalue weighted by Crippen LogP contribution is -2.03. The summed E-state index contributed by atoms with van der Waals surface area (Å²) in [5, 5.41) is 0.818. The standard InChI is InChI=1S/C15H12FNO/c16-14-3-1-2-13-12(8-9-17-15(13)14)10-4-6-11(18)7-5-10/h1-4,8-9H,5-7H2. The number of hydrogen-bond acceptors (Lipinski definition) is 2. The molecule has 90 valence electrons. The minimum absolute atomic E-state index is 0.267. The molecule has 1 aliphatic carbocycles. The summed E-state index contributed by atoms with van der Waals surface area (Å²) in [6.45, 7) is 0. The quantitative estimate of drug-likeness (QED) is 0.764. The van der Waals surface area contributed by atoms with Crippen LogP contribution in [-0.2, 0) is 4.79 Å². The van der Waals surface area contributed by atoms with Crippen molar-refractivity contribution >= 4 is 22.3 Å². The van der Waals surface area contributed by atoms with Crippen molar-refractivity contribution in [2.24, 2.45) is 0 Å². The van der Waals surface area contributed by atoms with E-state index in [-0.39, 0.29) is 11.6 Å². The molecule has 2 nitrogen and oxygen atoms in total. The Morgan fingerprint density at radius 1 is 1.17 bits per heavy atom. The molecule has 0 N–H and O–H groups in total. The predicted octanol–water partition coefficient (Wildman–Crippen LogP) is 3.51. The molecule has 3 rings (SSSR count). The lowest BCUT2D eigenvalue weighted by Gasteiger charge is -2.14. The molecular weight excluding hydrogens is 229 g/mol. The highest BCUT2D eigenvalue weighted by Gasteiger charge is 2.14. The van der Waals surface area contributed by atoms with E-state index in [4.69, 9.17) is 0 Å². The number of aromatic nitrogens is 1. The van der Waals surface area contributed by atoms with Crippen molar-refractivity contribution < 1.29 is 9.18 Å². The first-order valence-corrected chi connectivity index (χ1v) is 6.00. The van der Waals surface area contributed by atoms with Crippen LogP contribution in [0.4, 0.5) is 4.39 Å². The van der Waals surface area contributed by atoms with Crippen molar-refractivity contribution in [2.75, 3.05) is 0 Å². The molecule has 0 bridgehead atoms. The van der Waals surface area contributed by atoms with Gasteiger partial charge in [-0.05, 0) is 29.7 Å². The number of fused-ring (bicyclic) bond motifs is 1. The monoisotopic (exact) mass is 241 g/mol. The van der Waals surface area contributed by atoms with Crippen LogP contribution in [0, 0.1) is 5.82 Å². The van der Waals surface area contributed by atoms with Gasteiger partial charge in [-0.15, -0.1) is 0 Å². The zero-order valence-corrected chi connectivity index (χ0v) is 9.82. The molecule has 0 saturated heterocycles. The van der Waals surface area contributed by atoms with E-state index in [0.717, 1.165) is 22.9 Å². The SMILES string of the molecule is O=C1CC=C(c2ccnc3c(F)cccc23)CC1. The van der Waals surface area contributed by atoms with Gasteiger partial charge in [-0.1, -0.05) is 18.2 Å². The Labute approximate surface area is 104 Å². The van der Waals surface area contributed by atoms with E-state index >= 15 is 0 Å². The number of allylic oxidation sites excluding steroid dienone is 2. The average molecular weight is 241 g/mol. The summed E-state index contributed by atoms with van der Waals surface area (Å²) in [5.74, 6) is -0.0369. The van der Waals surface area contributed by atoms with Crippen LogP contribution in [0.5, 0.6) is 0 Å². The van der Waals surface area contributed by atoms with Gasteiger partial charge in [-0.25, -0.2) is 4.39 Å². The highest BCUT2D eigenvalue weighted by Crippen LogP contribution is 2.30. The van der Waals surface area contributed by atoms with E-state index < -0.39 is 0 Å². The number of pyridine rings is 1. The van der Waals surface area contributed by atoms with Crippen molar-refractivity contribution in [3.8, 4) is 0 Å². The number of halogens is 1. The number of nitrogens with zero attached hydrogens (tertiary/aromatic N) is 1. The van der Waals surface area contributed by atoms with Crippen LogP contribution in [0.2, 0.25) is 0 Å². The van der Waals surface area contributed by atoms with E-state index in [2.05, 4.69) is 4.98 Å². The molecule has 2 aromatic rings. The molecular formula is C15H12FNO. The maximum Gasteiger partial charge on any atom is 0.149 e. The summed E-state index contributed by atoms with van der Waals surface area (Å²) in [4.78, 5) is 15.3. The summed E-state index contributed by atoms with van der Waals surface area (Å²) in [7, 11) is 0. The lowest BCUT2D eigenvalue weighted by molar-refractivity contribution is -0.118. The zero-order chi connectivity index (χ0) is 12.5. The van der Waals surface area contributed by atoms with Crippen LogP contribution in [-0.4, -0.2) is 10.8 Å². The summed E-state index contributed by atoms with van der Waals surface area (Å²) in [6.07, 6.45) is 5.36. The minimum Gasteiger partial charge on any atom is -0.299 e. The highest BCUT2D eigenvalue weighted by molar-refractivity contribution is 5.95. The summed E-state index contributed by atoms with van der Waals surface area (Å²) in [5.41, 5.74) is 2.51. The number of carbonyl (C=O) groups is 1. The molecule has 0 fully saturated rings. The Morgan fingerprint density at radius 2 is 2.06 bits per heavy atom. The van der Waals surface area contributed by atoms with Gasteiger partial charge >= 0.3 is 0 Å². The normalized spacial score (nSPS) is 15.8. The van der Waals surface area contributed by atoms with Crippen molar-refractivity contribution in [1.82, 2.24) is 4.98 Å². The molecule has 3 heteroatoms. The summed E-state index contributed by atoms with van der Waals surface area (Å²) >= 11 is 0. The van der Waals surface area contributed by atoms with Crippen LogP contribution in [0.15, 0.2) is 36.5 Å². The van der Waals surface area contributed by atoms with Gasteiger partial charge in [0.1, 0.15) is 17.1 Å². The highest BCUT2D eigenvalue weighted by atomic mass is 19.1. The zero-order valence-electron chi connectivity index (χ0n) is 9.82. The number of rotatable bonds is 1. The smallest absolute Gasteiger partial charge is 0.149 e. The van der Waals surface area contributed by atoms with Crippen molar-refractivity contribution in [3.63, 3.8) is 0 Å². The lowest BCUT2D eigenvalue weighted by atomic mass is 9.91. The number of Topliss-reactive ketones (excluding diaryl/α,β-unsaturated/α-hetero) is 1. The first-order valence-electron chi connectivity index (χ1n) is 6.00. The van der Waals surface area contributed by atoms with Crippen molar-refractivity contribution in [1.29, 1.82) is 0 Å². The Morgan fingerprint density at radius 3 is 2.83 bits per heavy atom. The number of benzene rings is 1. The molecule has 0 unspecified atom stereocenters. The van der Waals surface area contributed by atoms with Gasteiger partial charge < -0.3 is 0 Å². The number of ketones is 1. The van der Waals surface area contributed by atoms with Gasteiger partial charge in [0.05, 0.1) is 0 Å². The molecule has 0 atom stereocenters. The fraction of sp³-hybridized carbons (Fsp3) is 0.200. The van der Waals surface area contributed by atoms with Crippen LogP contribution < -0.4 is 0 Å². The Balaban J connectivity index is 2.18. The fourth-order valence-corrected chi connectivity index (χ4v) is 2.38. The number of carbonyl (C=O) groups excluding carboxylic acids is 1. The van der Waals surface area contributed by atoms with E-state index in [0.29, 0.717) is 18.4 Å². The summed E-state index contributed by atoms with van der Waals surface area (Å²) in [6, 6.07) is 6.87. The van der Waals surface area contributed by atoms with Gasteiger partial charge in [0.15, 0.2) is 0 Å². The van der Waals surface area contributed by atoms with E-state index in [1.165, 1.54) is 6.07 Å². The summed E-state index contributed by atoms with van der Waals surface area (Å²) < 4.78 is 13.7. The second-order valence-corrected chi connectivity index (χ2v) is 4.47. The first-order chi connectivity index (χ1) is 8.75. The maximum atomic E-state index is 13.7. The molecule has 0 saturated carbocycles. The average Bonchev–Trinajstić information content (AvgIpc) is 2.40. The van der Waals surface area contributed by atoms with Gasteiger partial charge in [0, 0.05) is 24.4 Å². The van der Waals surface area contributed by atoms with Gasteiger partial charge in [-0.2, -0.15) is 0 Å². The first kappa shape index (κ1) is 11.1. The Kier molecular flexibility index (Phi) is 2.67. The largest absolute Gasteiger partial charge is 0.299 e. The fourth-order valence-electron chi connectivity index (χ4n) is 2.38. The molecule has 0 spiro atoms. The van der Waals surface area contributed by atoms with E-state index in [1.807, 2.05) is 18.2 Å². The molecule has 0 aliphatic heterocycles. The Hall–Kier alpha value is -2.03. The second kappa shape index (κ2) is 4.33. The van der Waals surface area contributed by atoms with Crippen LogP contribution in [0.3, 0.4) is 0 Å². The van der Waals surface area contributed by atoms with Crippen molar-refractivity contribution in [3.05, 3.63) is 47.9 Å². The minimum atomic E-state index is -0.304. The van der Waals surface area contributed by atoms with Crippen LogP contribution in [0.1, 0.15) is 24.8 Å². The van der Waals surface area contributed by atoms with Crippen LogP contribution >= 0.6 is 0 Å². The predicted molar refractivity (Wildman–Crippen MR) is 68.5 cm³/mol. The molecule has 18 heavy (non-hydrogen) atoms. The molecule has 1 aliphatic rings. The molecule has 0 radical (unpaired) electrons. The van der Waals surface area contributed by atoms with E-state index in [1.54, 1.807) is 12.3 Å². The molecule has 1 aromatic heterocycles. The van der Waals surface area contributed by atoms with Gasteiger partial charge in [0.25, 0.3) is 0 Å². The Bertz CT molecular complexity index is 661. The second-order valence-electron chi connectivity index (χ2n) is 4.47. The maximum absolute atomic E-state index is 13.7. The third kappa shape index (κ3) is 1.82. The van der Waals surface area contributed by atoms with E-state index in [9.17, 15) is 9.18 Å². The molecule has 0 amide bonds. The molecule has 1 heterocycles.